The molecule has 0 saturated heterocycles. The minimum absolute atomic E-state index is 0.740. The first-order valence-electron chi connectivity index (χ1n) is 9.71. The van der Waals surface area contributed by atoms with Gasteiger partial charge in [-0.05, 0) is 24.8 Å². The lowest BCUT2D eigenvalue weighted by molar-refractivity contribution is 0.583. The zero-order valence-corrected chi connectivity index (χ0v) is 16.6. The monoisotopic (exact) mass is 374 g/mol. The van der Waals surface area contributed by atoms with Crippen molar-refractivity contribution in [3.8, 4) is 0 Å². The number of unbranched alkanes of at least 4 members (excludes halogenated alkanes) is 3. The minimum Gasteiger partial charge on any atom is -0.314 e. The number of hydrogen-bond acceptors (Lipinski definition) is 1. The molecule has 0 aromatic heterocycles. The maximum Gasteiger partial charge on any atom is 0.143 e. The molecule has 0 atom stereocenters. The molecule has 3 rings (SSSR count). The van der Waals surface area contributed by atoms with Crippen LogP contribution in [0.1, 0.15) is 31.2 Å². The van der Waals surface area contributed by atoms with Gasteiger partial charge in [0.1, 0.15) is 7.14 Å². The molecular formula is C25H27OP. The van der Waals surface area contributed by atoms with Crippen LogP contribution < -0.4 is 10.6 Å². The summed E-state index contributed by atoms with van der Waals surface area (Å²) < 4.78 is 13.9. The first-order valence-corrected chi connectivity index (χ1v) is 11.6. The van der Waals surface area contributed by atoms with Gasteiger partial charge in [-0.15, -0.1) is 0 Å². The summed E-state index contributed by atoms with van der Waals surface area (Å²) in [6.45, 7) is 0. The molecule has 138 valence electrons. The van der Waals surface area contributed by atoms with Gasteiger partial charge in [0.25, 0.3) is 0 Å². The molecule has 0 aliphatic rings. The predicted octanol–water partition coefficient (Wildman–Crippen LogP) is 6.27. The number of rotatable bonds is 9. The van der Waals surface area contributed by atoms with Crippen molar-refractivity contribution in [2.45, 2.75) is 25.7 Å². The Morgan fingerprint density at radius 3 is 1.70 bits per heavy atom. The van der Waals surface area contributed by atoms with E-state index in [-0.39, 0.29) is 0 Å². The summed E-state index contributed by atoms with van der Waals surface area (Å²) in [4.78, 5) is 0. The summed E-state index contributed by atoms with van der Waals surface area (Å²) >= 11 is 0. The minimum atomic E-state index is -2.55. The Balaban J connectivity index is 1.55. The van der Waals surface area contributed by atoms with Crippen LogP contribution in [0.5, 0.6) is 0 Å². The predicted molar refractivity (Wildman–Crippen MR) is 119 cm³/mol. The van der Waals surface area contributed by atoms with Gasteiger partial charge in [0, 0.05) is 16.8 Å². The summed E-state index contributed by atoms with van der Waals surface area (Å²) in [6, 6.07) is 30.3. The Bertz CT molecular complexity index is 826. The molecule has 27 heavy (non-hydrogen) atoms. The van der Waals surface area contributed by atoms with Crippen LogP contribution in [-0.4, -0.2) is 6.16 Å². The normalized spacial score (nSPS) is 11.7. The Kier molecular flexibility index (Phi) is 7.25. The molecule has 0 heterocycles. The van der Waals surface area contributed by atoms with Crippen molar-refractivity contribution < 1.29 is 4.57 Å². The molecule has 0 N–H and O–H groups in total. The third kappa shape index (κ3) is 5.55. The van der Waals surface area contributed by atoms with Gasteiger partial charge in [0.2, 0.25) is 0 Å². The zero-order chi connectivity index (χ0) is 18.8. The first-order chi connectivity index (χ1) is 13.3. The van der Waals surface area contributed by atoms with E-state index in [1.807, 2.05) is 66.7 Å². The van der Waals surface area contributed by atoms with E-state index in [2.05, 4.69) is 36.4 Å². The molecule has 0 aliphatic carbocycles. The zero-order valence-electron chi connectivity index (χ0n) is 15.7. The van der Waals surface area contributed by atoms with E-state index in [0.29, 0.717) is 0 Å². The van der Waals surface area contributed by atoms with E-state index in [9.17, 15) is 4.57 Å². The van der Waals surface area contributed by atoms with Crippen molar-refractivity contribution in [1.82, 2.24) is 0 Å². The van der Waals surface area contributed by atoms with Crippen LogP contribution in [0, 0.1) is 0 Å². The molecule has 0 fully saturated rings. The molecule has 1 nitrogen and oxygen atoms in total. The quantitative estimate of drug-likeness (QED) is 0.318. The van der Waals surface area contributed by atoms with Crippen molar-refractivity contribution in [1.29, 1.82) is 0 Å². The maximum absolute atomic E-state index is 13.9. The third-order valence-electron chi connectivity index (χ3n) is 4.80. The standard InChI is InChI=1S/C25H27OP/c26-27(24-18-10-5-11-19-24,25-20-12-6-13-21-25)22-14-3-1-2-7-15-23-16-8-4-9-17-23/h4-13,15-21H,1-3,14,22H2. The maximum atomic E-state index is 13.9. The van der Waals surface area contributed by atoms with Gasteiger partial charge in [-0.3, -0.25) is 0 Å². The lowest BCUT2D eigenvalue weighted by Gasteiger charge is -2.19. The van der Waals surface area contributed by atoms with Crippen LogP contribution in [0.4, 0.5) is 0 Å². The molecule has 0 unspecified atom stereocenters. The van der Waals surface area contributed by atoms with E-state index in [1.165, 1.54) is 5.56 Å². The van der Waals surface area contributed by atoms with Crippen molar-refractivity contribution in [2.75, 3.05) is 6.16 Å². The van der Waals surface area contributed by atoms with E-state index >= 15 is 0 Å². The SMILES string of the molecule is O=P(CCCCCC=Cc1ccccc1)(c1ccccc1)c1ccccc1. The van der Waals surface area contributed by atoms with Crippen LogP contribution in [0.3, 0.4) is 0 Å². The molecule has 0 spiro atoms. The van der Waals surface area contributed by atoms with E-state index in [0.717, 1.165) is 42.5 Å². The lowest BCUT2D eigenvalue weighted by Crippen LogP contribution is -2.18. The molecule has 3 aromatic rings. The summed E-state index contributed by atoms with van der Waals surface area (Å²) in [7, 11) is -2.55. The molecular weight excluding hydrogens is 347 g/mol. The summed E-state index contributed by atoms with van der Waals surface area (Å²) in [5, 5.41) is 1.94. The average molecular weight is 374 g/mol. The Morgan fingerprint density at radius 2 is 1.15 bits per heavy atom. The third-order valence-corrected chi connectivity index (χ3v) is 8.01. The number of allylic oxidation sites excluding steroid dienone is 1. The molecule has 3 aromatic carbocycles. The molecule has 0 saturated carbocycles. The van der Waals surface area contributed by atoms with Crippen molar-refractivity contribution >= 4 is 23.8 Å². The molecule has 0 aliphatic heterocycles. The van der Waals surface area contributed by atoms with Gasteiger partial charge in [0.05, 0.1) is 0 Å². The first kappa shape index (κ1) is 19.4. The second-order valence-electron chi connectivity index (χ2n) is 6.80. The molecule has 0 radical (unpaired) electrons. The summed E-state index contributed by atoms with van der Waals surface area (Å²) in [5.74, 6) is 0. The number of benzene rings is 3. The molecule has 0 amide bonds. The van der Waals surface area contributed by atoms with Crippen LogP contribution in [0.25, 0.3) is 6.08 Å². The van der Waals surface area contributed by atoms with Gasteiger partial charge in [-0.2, -0.15) is 0 Å². The van der Waals surface area contributed by atoms with Gasteiger partial charge < -0.3 is 4.57 Å². The largest absolute Gasteiger partial charge is 0.314 e. The highest BCUT2D eigenvalue weighted by molar-refractivity contribution is 7.78. The Hall–Kier alpha value is -2.37. The fraction of sp³-hybridized carbons (Fsp3) is 0.200. The van der Waals surface area contributed by atoms with Crippen molar-refractivity contribution in [2.24, 2.45) is 0 Å². The Morgan fingerprint density at radius 1 is 0.630 bits per heavy atom. The smallest absolute Gasteiger partial charge is 0.143 e. The van der Waals surface area contributed by atoms with Gasteiger partial charge >= 0.3 is 0 Å². The summed E-state index contributed by atoms with van der Waals surface area (Å²) in [6.07, 6.45) is 9.44. The Labute approximate surface area is 163 Å². The van der Waals surface area contributed by atoms with Gasteiger partial charge in [0.15, 0.2) is 0 Å². The fourth-order valence-corrected chi connectivity index (χ4v) is 6.09. The second kappa shape index (κ2) is 10.1. The highest BCUT2D eigenvalue weighted by Crippen LogP contribution is 2.44. The van der Waals surface area contributed by atoms with Gasteiger partial charge in [-0.1, -0.05) is 110 Å². The van der Waals surface area contributed by atoms with Crippen LogP contribution in [0.15, 0.2) is 97.1 Å². The number of hydrogen-bond donors (Lipinski definition) is 0. The summed E-state index contributed by atoms with van der Waals surface area (Å²) in [5.41, 5.74) is 1.25. The van der Waals surface area contributed by atoms with Crippen LogP contribution in [0.2, 0.25) is 0 Å². The fourth-order valence-electron chi connectivity index (χ4n) is 3.30. The van der Waals surface area contributed by atoms with E-state index in [4.69, 9.17) is 0 Å². The topological polar surface area (TPSA) is 17.1 Å². The van der Waals surface area contributed by atoms with Gasteiger partial charge in [-0.25, -0.2) is 0 Å². The molecule has 0 bridgehead atoms. The van der Waals surface area contributed by atoms with Crippen LogP contribution >= 0.6 is 7.14 Å². The second-order valence-corrected chi connectivity index (χ2v) is 9.76. The molecule has 2 heteroatoms. The van der Waals surface area contributed by atoms with E-state index in [1.54, 1.807) is 0 Å². The van der Waals surface area contributed by atoms with Crippen molar-refractivity contribution in [3.63, 3.8) is 0 Å². The highest BCUT2D eigenvalue weighted by atomic mass is 31.2. The van der Waals surface area contributed by atoms with Crippen molar-refractivity contribution in [3.05, 3.63) is 103 Å². The average Bonchev–Trinajstić information content (AvgIpc) is 2.75. The lowest BCUT2D eigenvalue weighted by atomic mass is 10.1. The highest BCUT2D eigenvalue weighted by Gasteiger charge is 2.26. The van der Waals surface area contributed by atoms with Crippen LogP contribution in [-0.2, 0) is 4.57 Å². The van der Waals surface area contributed by atoms with E-state index < -0.39 is 7.14 Å².